The topological polar surface area (TPSA) is 41.7 Å². The number of benzene rings is 2. The first kappa shape index (κ1) is 24.2. The SMILES string of the molecule is C=C1CCCC(C=CC2=[N+](CCCCSOOO)c3ccc4ccccc4c3C2(C)C)=C1Cl. The monoisotopic (exact) mass is 484 g/mol. The van der Waals surface area contributed by atoms with Crippen LogP contribution in [0.25, 0.3) is 10.8 Å². The minimum atomic E-state index is -0.145. The number of unbranched alkanes of at least 4 members (excludes halogenated alkanes) is 1. The van der Waals surface area contributed by atoms with E-state index in [4.69, 9.17) is 16.9 Å². The predicted molar refractivity (Wildman–Crippen MR) is 138 cm³/mol. The van der Waals surface area contributed by atoms with E-state index in [9.17, 15) is 0 Å². The molecule has 1 N–H and O–H groups in total. The molecular weight excluding hydrogens is 454 g/mol. The lowest BCUT2D eigenvalue weighted by atomic mass is 9.79. The van der Waals surface area contributed by atoms with Crippen molar-refractivity contribution in [3.05, 3.63) is 76.9 Å². The number of rotatable bonds is 9. The highest BCUT2D eigenvalue weighted by Crippen LogP contribution is 2.44. The van der Waals surface area contributed by atoms with Crippen molar-refractivity contribution in [3.63, 3.8) is 0 Å². The molecule has 174 valence electrons. The highest BCUT2D eigenvalue weighted by atomic mass is 35.5. The molecular formula is C27H31ClNO3S+. The number of hydrogen-bond acceptors (Lipinski definition) is 4. The molecule has 0 atom stereocenters. The lowest BCUT2D eigenvalue weighted by Gasteiger charge is -2.18. The second kappa shape index (κ2) is 10.6. The number of halogens is 1. The van der Waals surface area contributed by atoms with Crippen molar-refractivity contribution >= 4 is 45.8 Å². The fourth-order valence-corrected chi connectivity index (χ4v) is 5.72. The molecule has 0 amide bonds. The molecule has 33 heavy (non-hydrogen) atoms. The van der Waals surface area contributed by atoms with E-state index >= 15 is 0 Å². The van der Waals surface area contributed by atoms with Crippen LogP contribution in [-0.2, 0) is 14.8 Å². The van der Waals surface area contributed by atoms with Crippen LogP contribution in [0.4, 0.5) is 5.69 Å². The smallest absolute Gasteiger partial charge is 0.210 e. The average Bonchev–Trinajstić information content (AvgIpc) is 3.03. The lowest BCUT2D eigenvalue weighted by molar-refractivity contribution is -0.438. The third-order valence-electron chi connectivity index (χ3n) is 6.65. The van der Waals surface area contributed by atoms with E-state index in [0.29, 0.717) is 0 Å². The third-order valence-corrected chi connectivity index (χ3v) is 7.77. The molecule has 0 radical (unpaired) electrons. The molecule has 0 saturated carbocycles. The summed E-state index contributed by atoms with van der Waals surface area (Å²) >= 11 is 7.71. The minimum absolute atomic E-state index is 0.145. The maximum Gasteiger partial charge on any atom is 0.210 e. The Bertz CT molecular complexity index is 1150. The number of allylic oxidation sites excluding steroid dienone is 5. The standard InChI is InChI=1S/C27H30ClNO3S/c1-19-9-8-11-21(26(19)28)14-16-24-27(2,3)25-22-12-5-4-10-20(22)13-15-23(25)29(24)17-6-7-18-33-32-31-30/h4-5,10,12-16H,1,6-9,11,17-18H2,2-3H3/p+1. The van der Waals surface area contributed by atoms with Crippen LogP contribution in [-0.4, -0.2) is 27.8 Å². The lowest BCUT2D eigenvalue weighted by Crippen LogP contribution is -2.28. The fourth-order valence-electron chi connectivity index (χ4n) is 5.04. The third kappa shape index (κ3) is 4.98. The van der Waals surface area contributed by atoms with Gasteiger partial charge in [-0.15, -0.1) is 4.33 Å². The Kier molecular flexibility index (Phi) is 7.77. The van der Waals surface area contributed by atoms with Gasteiger partial charge in [0.2, 0.25) is 5.69 Å². The van der Waals surface area contributed by atoms with Gasteiger partial charge < -0.3 is 0 Å². The van der Waals surface area contributed by atoms with Crippen LogP contribution in [0.5, 0.6) is 0 Å². The van der Waals surface area contributed by atoms with Gasteiger partial charge in [-0.1, -0.05) is 53.6 Å². The Hall–Kier alpha value is -1.89. The van der Waals surface area contributed by atoms with Crippen LogP contribution < -0.4 is 0 Å². The molecule has 2 aromatic carbocycles. The van der Waals surface area contributed by atoms with Gasteiger partial charge in [-0.25, -0.2) is 5.26 Å². The van der Waals surface area contributed by atoms with Crippen molar-refractivity contribution in [1.82, 2.24) is 0 Å². The Morgan fingerprint density at radius 1 is 1.15 bits per heavy atom. The van der Waals surface area contributed by atoms with Crippen molar-refractivity contribution < 1.29 is 19.2 Å². The van der Waals surface area contributed by atoms with E-state index in [-0.39, 0.29) is 5.41 Å². The van der Waals surface area contributed by atoms with E-state index in [1.54, 1.807) is 0 Å². The first-order chi connectivity index (χ1) is 15.9. The summed E-state index contributed by atoms with van der Waals surface area (Å²) in [5.41, 5.74) is 6.00. The Morgan fingerprint density at radius 3 is 2.79 bits per heavy atom. The van der Waals surface area contributed by atoms with Crippen LogP contribution in [0.1, 0.15) is 51.5 Å². The van der Waals surface area contributed by atoms with Crippen LogP contribution in [0.15, 0.2) is 71.3 Å². The number of nitrogens with zero attached hydrogens (tertiary/aromatic N) is 1. The van der Waals surface area contributed by atoms with E-state index in [1.807, 2.05) is 0 Å². The van der Waals surface area contributed by atoms with Gasteiger partial charge >= 0.3 is 0 Å². The van der Waals surface area contributed by atoms with Crippen molar-refractivity contribution in [2.24, 2.45) is 0 Å². The summed E-state index contributed by atoms with van der Waals surface area (Å²) in [6.45, 7) is 9.66. The molecule has 1 aliphatic carbocycles. The average molecular weight is 485 g/mol. The largest absolute Gasteiger partial charge is 0.220 e. The van der Waals surface area contributed by atoms with Gasteiger partial charge in [0.05, 0.1) is 5.41 Å². The number of hydrogen-bond donors (Lipinski definition) is 1. The minimum Gasteiger partial charge on any atom is -0.220 e. The van der Waals surface area contributed by atoms with Crippen molar-refractivity contribution in [2.45, 2.75) is 51.4 Å². The Labute approximate surface area is 205 Å². The van der Waals surface area contributed by atoms with Crippen molar-refractivity contribution in [3.8, 4) is 0 Å². The summed E-state index contributed by atoms with van der Waals surface area (Å²) in [4.78, 5) is 0. The Balaban J connectivity index is 1.71. The van der Waals surface area contributed by atoms with Crippen molar-refractivity contribution in [1.29, 1.82) is 0 Å². The molecule has 0 unspecified atom stereocenters. The summed E-state index contributed by atoms with van der Waals surface area (Å²) in [5, 5.41) is 15.4. The van der Waals surface area contributed by atoms with E-state index in [2.05, 4.69) is 82.9 Å². The van der Waals surface area contributed by atoms with E-state index < -0.39 is 0 Å². The van der Waals surface area contributed by atoms with Gasteiger partial charge in [-0.05, 0) is 67.5 Å². The molecule has 2 aliphatic rings. The van der Waals surface area contributed by atoms with E-state index in [0.717, 1.165) is 67.0 Å². The second-order valence-corrected chi connectivity index (χ2v) is 10.3. The first-order valence-electron chi connectivity index (χ1n) is 11.5. The second-order valence-electron chi connectivity index (χ2n) is 9.14. The van der Waals surface area contributed by atoms with Crippen LogP contribution >= 0.6 is 23.6 Å². The summed E-state index contributed by atoms with van der Waals surface area (Å²) in [7, 11) is 0. The normalized spacial score (nSPS) is 18.1. The molecule has 2 aromatic rings. The van der Waals surface area contributed by atoms with Gasteiger partial charge in [0.1, 0.15) is 6.54 Å². The molecule has 0 saturated heterocycles. The van der Waals surface area contributed by atoms with Gasteiger partial charge in [0.25, 0.3) is 0 Å². The van der Waals surface area contributed by atoms with Gasteiger partial charge in [0, 0.05) is 47.0 Å². The molecule has 1 aliphatic heterocycles. The Morgan fingerprint density at radius 2 is 1.97 bits per heavy atom. The molecule has 4 rings (SSSR count). The molecule has 4 nitrogen and oxygen atoms in total. The summed E-state index contributed by atoms with van der Waals surface area (Å²) < 4.78 is 6.96. The predicted octanol–water partition coefficient (Wildman–Crippen LogP) is 7.85. The summed E-state index contributed by atoms with van der Waals surface area (Å²) in [6, 6.07) is 13.1. The molecule has 1 heterocycles. The molecule has 0 aromatic heterocycles. The number of fused-ring (bicyclic) bond motifs is 3. The van der Waals surface area contributed by atoms with Gasteiger partial charge in [-0.3, -0.25) is 0 Å². The zero-order valence-corrected chi connectivity index (χ0v) is 20.8. The van der Waals surface area contributed by atoms with Crippen LogP contribution in [0.3, 0.4) is 0 Å². The zero-order valence-electron chi connectivity index (χ0n) is 19.3. The van der Waals surface area contributed by atoms with E-state index in [1.165, 1.54) is 33.3 Å². The quantitative estimate of drug-likeness (QED) is 0.129. The van der Waals surface area contributed by atoms with Crippen LogP contribution in [0.2, 0.25) is 0 Å². The first-order valence-corrected chi connectivity index (χ1v) is 12.8. The molecule has 6 heteroatoms. The van der Waals surface area contributed by atoms with Crippen LogP contribution in [0, 0.1) is 0 Å². The highest BCUT2D eigenvalue weighted by molar-refractivity contribution is 7.94. The molecule has 0 spiro atoms. The summed E-state index contributed by atoms with van der Waals surface area (Å²) in [5.74, 6) is 0.748. The summed E-state index contributed by atoms with van der Waals surface area (Å²) in [6.07, 6.45) is 9.46. The van der Waals surface area contributed by atoms with Gasteiger partial charge in [0.15, 0.2) is 5.71 Å². The maximum atomic E-state index is 8.30. The molecule has 0 fully saturated rings. The highest BCUT2D eigenvalue weighted by Gasteiger charge is 2.45. The fraction of sp³-hybridized carbons (Fsp3) is 0.370. The van der Waals surface area contributed by atoms with Crippen molar-refractivity contribution in [2.75, 3.05) is 12.3 Å². The molecule has 0 bridgehead atoms. The zero-order chi connectivity index (χ0) is 23.4. The maximum absolute atomic E-state index is 8.30. The van der Waals surface area contributed by atoms with Gasteiger partial charge in [-0.2, -0.15) is 4.58 Å².